The number of rotatable bonds is 12. The van der Waals surface area contributed by atoms with Gasteiger partial charge in [0.15, 0.2) is 28.5 Å². The molecule has 7 heterocycles. The Hall–Kier alpha value is -6.08. The van der Waals surface area contributed by atoms with Crippen LogP contribution in [-0.4, -0.2) is 110 Å². The van der Waals surface area contributed by atoms with Crippen molar-refractivity contribution in [3.05, 3.63) is 106 Å². The van der Waals surface area contributed by atoms with E-state index in [-0.39, 0.29) is 35.9 Å². The van der Waals surface area contributed by atoms with Crippen LogP contribution in [-0.2, 0) is 39.7 Å². The molecule has 0 amide bonds. The second-order valence-corrected chi connectivity index (χ2v) is 23.0. The van der Waals surface area contributed by atoms with Crippen molar-refractivity contribution >= 4 is 35.4 Å². The number of benzene rings is 2. The van der Waals surface area contributed by atoms with Crippen LogP contribution in [0.5, 0.6) is 23.0 Å². The number of fused-ring (bicyclic) bond motifs is 6. The molecule has 1 saturated carbocycles. The molecule has 17 heteroatoms. The highest BCUT2D eigenvalue weighted by Crippen LogP contribution is 2.69. The van der Waals surface area contributed by atoms with E-state index in [9.17, 15) is 19.8 Å². The van der Waals surface area contributed by atoms with Crippen molar-refractivity contribution in [1.82, 2.24) is 9.55 Å². The van der Waals surface area contributed by atoms with Crippen LogP contribution in [0.2, 0.25) is 0 Å². The summed E-state index contributed by atoms with van der Waals surface area (Å²) in [7, 11) is 1.32. The maximum Gasteiger partial charge on any atom is 0.343 e. The summed E-state index contributed by atoms with van der Waals surface area (Å²) in [5, 5.41) is 25.8. The molecule has 1 spiro atoms. The fourth-order valence-corrected chi connectivity index (χ4v) is 12.2. The summed E-state index contributed by atoms with van der Waals surface area (Å²) in [6.45, 7) is 23.3. The summed E-state index contributed by atoms with van der Waals surface area (Å²) in [6.07, 6.45) is 9.58. The summed E-state index contributed by atoms with van der Waals surface area (Å²) < 4.78 is 60.0. The van der Waals surface area contributed by atoms with Crippen molar-refractivity contribution in [3.8, 4) is 23.0 Å². The van der Waals surface area contributed by atoms with Crippen LogP contribution in [0.1, 0.15) is 135 Å². The molecule has 3 saturated heterocycles. The van der Waals surface area contributed by atoms with E-state index < -0.39 is 88.7 Å². The normalized spacial score (nSPS) is 32.1. The fraction of sp³-hybridized carbons (Fsp3) is 0.525. The van der Waals surface area contributed by atoms with Gasteiger partial charge in [0.2, 0.25) is 12.2 Å². The number of imidazole rings is 1. The van der Waals surface area contributed by atoms with Gasteiger partial charge in [0.05, 0.1) is 47.7 Å². The molecule has 6 aliphatic heterocycles. The van der Waals surface area contributed by atoms with E-state index in [1.807, 2.05) is 71.4 Å². The molecule has 76 heavy (non-hydrogen) atoms. The highest BCUT2D eigenvalue weighted by molar-refractivity contribution is 6.02. The van der Waals surface area contributed by atoms with E-state index >= 15 is 4.79 Å². The molecule has 2 aromatic carbocycles. The van der Waals surface area contributed by atoms with Crippen LogP contribution in [0.4, 0.5) is 5.95 Å². The van der Waals surface area contributed by atoms with Gasteiger partial charge in [-0.2, -0.15) is 0 Å². The second kappa shape index (κ2) is 19.1. The molecule has 406 valence electrons. The number of ether oxygens (including phenoxy) is 9. The van der Waals surface area contributed by atoms with Crippen molar-refractivity contribution in [3.63, 3.8) is 0 Å². The van der Waals surface area contributed by atoms with E-state index in [4.69, 9.17) is 47.6 Å². The van der Waals surface area contributed by atoms with E-state index in [1.165, 1.54) is 12.7 Å². The smallest absolute Gasteiger partial charge is 0.343 e. The molecule has 1 aliphatic carbocycles. The Labute approximate surface area is 443 Å². The zero-order chi connectivity index (χ0) is 54.6. The van der Waals surface area contributed by atoms with Gasteiger partial charge in [-0.05, 0) is 125 Å². The number of nitrogens with one attached hydrogen (secondary N) is 1. The van der Waals surface area contributed by atoms with Gasteiger partial charge < -0.3 is 62.7 Å². The van der Waals surface area contributed by atoms with Crippen LogP contribution in [0.25, 0.3) is 11.8 Å². The fourth-order valence-electron chi connectivity index (χ4n) is 12.2. The van der Waals surface area contributed by atoms with Crippen molar-refractivity contribution < 1.29 is 67.2 Å². The number of methoxy groups -OCH3 is 1. The molecule has 4 unspecified atom stereocenters. The summed E-state index contributed by atoms with van der Waals surface area (Å²) in [5.41, 5.74) is 0.625. The maximum absolute atomic E-state index is 15.8. The number of hydrogen-bond donors (Lipinski definition) is 3. The topological polar surface area (TPSA) is 205 Å². The van der Waals surface area contributed by atoms with Crippen LogP contribution in [0.3, 0.4) is 0 Å². The van der Waals surface area contributed by atoms with Crippen molar-refractivity contribution in [1.29, 1.82) is 0 Å². The Morgan fingerprint density at radius 3 is 2.37 bits per heavy atom. The van der Waals surface area contributed by atoms with E-state index in [0.29, 0.717) is 58.2 Å². The average Bonchev–Trinajstić information content (AvgIpc) is 3.03. The Kier molecular flexibility index (Phi) is 13.4. The summed E-state index contributed by atoms with van der Waals surface area (Å²) in [5.74, 6) is -1.94. The Balaban J connectivity index is 1.14. The van der Waals surface area contributed by atoms with Gasteiger partial charge in [-0.15, -0.1) is 0 Å². The number of esters is 2. The first kappa shape index (κ1) is 53.3. The van der Waals surface area contributed by atoms with Crippen LogP contribution in [0, 0.1) is 11.8 Å². The lowest BCUT2D eigenvalue weighted by Gasteiger charge is -2.57. The predicted molar refractivity (Wildman–Crippen MR) is 281 cm³/mol. The number of carbonyl (C=O) groups is 3. The standard InChI is InChI=1S/C59H71N3O14/c1-30(2)15-14-24-57(12)25-23-38-46(74-57)37(21-16-31(3)4)48-40(47(38)72-52(67)35-17-19-36(20-18-35)70-53-45(64)44(63)49-39(71-53)29-69-56(10,11)73-49)42-41-43(62-28-27-60-54(62)61-42)33(6)50(65)58(26-22-32(5)51(66)68-13)59(41,75-48)34(7)55(8,9)76-58/h15-20,22-23,25,27-28,33-34,39,43-45,49,53,63-64H,14,21,24,26,29H2,1-13H3,(H,60,61)/b32-22-/t33-,34+,39+,43?,44+,45+,49+,53+,57?,58?,59?/m0/s1. The van der Waals surface area contributed by atoms with Crippen LogP contribution < -0.4 is 24.3 Å². The minimum Gasteiger partial charge on any atom is -0.482 e. The number of ketones is 1. The molecule has 11 atom stereocenters. The summed E-state index contributed by atoms with van der Waals surface area (Å²) >= 11 is 0. The maximum atomic E-state index is 15.8. The molecule has 1 aromatic heterocycles. The van der Waals surface area contributed by atoms with Gasteiger partial charge in [0, 0.05) is 47.4 Å². The zero-order valence-electron chi connectivity index (χ0n) is 45.7. The highest BCUT2D eigenvalue weighted by Gasteiger charge is 2.79. The molecule has 0 bridgehead atoms. The van der Waals surface area contributed by atoms with Gasteiger partial charge >= 0.3 is 11.9 Å². The Morgan fingerprint density at radius 1 is 0.947 bits per heavy atom. The van der Waals surface area contributed by atoms with E-state index in [2.05, 4.69) is 31.3 Å². The number of nitrogens with zero attached hydrogens (tertiary/aromatic N) is 2. The van der Waals surface area contributed by atoms with Gasteiger partial charge in [-0.25, -0.2) is 14.6 Å². The largest absolute Gasteiger partial charge is 0.482 e. The molecular weight excluding hydrogens is 975 g/mol. The molecule has 0 radical (unpaired) electrons. The van der Waals surface area contributed by atoms with E-state index in [1.54, 1.807) is 57.3 Å². The number of Topliss-reactive ketones (excluding diaryl/α,β-unsaturated/α-hetero) is 1. The molecule has 17 nitrogen and oxygen atoms in total. The van der Waals surface area contributed by atoms with Gasteiger partial charge in [-0.1, -0.05) is 43.2 Å². The molecule has 10 rings (SSSR count). The first-order valence-electron chi connectivity index (χ1n) is 26.3. The van der Waals surface area contributed by atoms with E-state index in [0.717, 1.165) is 17.6 Å². The van der Waals surface area contributed by atoms with Gasteiger partial charge in [0.1, 0.15) is 47.3 Å². The number of aliphatic hydroxyl groups excluding tert-OH is 2. The van der Waals surface area contributed by atoms with Crippen molar-refractivity contribution in [2.45, 2.75) is 174 Å². The first-order chi connectivity index (χ1) is 35.9. The second-order valence-electron chi connectivity index (χ2n) is 23.0. The molecule has 3 aromatic rings. The average molecular weight is 1050 g/mol. The number of anilines is 1. The minimum absolute atomic E-state index is 0.0212. The molecule has 4 fully saturated rings. The van der Waals surface area contributed by atoms with Gasteiger partial charge in [0.25, 0.3) is 0 Å². The quantitative estimate of drug-likeness (QED) is 0.0670. The van der Waals surface area contributed by atoms with Crippen LogP contribution in [0.15, 0.2) is 83.3 Å². The summed E-state index contributed by atoms with van der Waals surface area (Å²) in [6, 6.07) is 5.57. The Morgan fingerprint density at radius 2 is 1.67 bits per heavy atom. The predicted octanol–water partition coefficient (Wildman–Crippen LogP) is 8.92. The lowest BCUT2D eigenvalue weighted by atomic mass is 9.55. The Bertz CT molecular complexity index is 3030. The van der Waals surface area contributed by atoms with Gasteiger partial charge in [-0.3, -0.25) is 4.79 Å². The number of aliphatic hydroxyl groups is 2. The summed E-state index contributed by atoms with van der Waals surface area (Å²) in [4.78, 5) is 48.5. The lowest BCUT2D eigenvalue weighted by Crippen LogP contribution is -2.70. The van der Waals surface area contributed by atoms with Crippen LogP contribution >= 0.6 is 0 Å². The first-order valence-corrected chi connectivity index (χ1v) is 26.3. The number of aromatic nitrogens is 2. The third kappa shape index (κ3) is 8.61. The number of hydrogen-bond acceptors (Lipinski definition) is 16. The zero-order valence-corrected chi connectivity index (χ0v) is 45.7. The van der Waals surface area contributed by atoms with Crippen molar-refractivity contribution in [2.24, 2.45) is 11.8 Å². The lowest BCUT2D eigenvalue weighted by molar-refractivity contribution is -0.373. The molecule has 7 aliphatic rings. The molecule has 3 N–H and O–H groups in total. The third-order valence-corrected chi connectivity index (χ3v) is 16.4. The number of allylic oxidation sites excluding steroid dienone is 4. The number of carbonyl (C=O) groups excluding carboxylic acids is 3. The molecular formula is C59H71N3O14. The third-order valence-electron chi connectivity index (χ3n) is 16.4. The minimum atomic E-state index is -1.68. The highest BCUT2D eigenvalue weighted by atomic mass is 16.8. The SMILES string of the molecule is COC(=O)/C(C)=C\CC12OC(C)(C)[C@@H](C)C13Oc1c(CC=C(C)C)c4c(c(OC(=O)c5ccc(O[C@@H]6O[C@@H]7COC(C)(C)O[C@H]7[C@H](O)[C@H]6O)cc5)c1C1=C3C([C@H](C)C2=O)n2ccnc2N1)C=CC(C)(CCC=C(C)C)O4. The monoisotopic (exact) mass is 1050 g/mol. The van der Waals surface area contributed by atoms with Crippen molar-refractivity contribution in [2.75, 3.05) is 19.0 Å².